The number of aromatic nitrogens is 2. The van der Waals surface area contributed by atoms with Gasteiger partial charge in [0.15, 0.2) is 5.69 Å². The predicted octanol–water partition coefficient (Wildman–Crippen LogP) is 1.53. The van der Waals surface area contributed by atoms with E-state index in [0.29, 0.717) is 18.5 Å². The van der Waals surface area contributed by atoms with E-state index in [1.165, 1.54) is 12.1 Å². The van der Waals surface area contributed by atoms with Crippen LogP contribution in [-0.4, -0.2) is 38.3 Å². The van der Waals surface area contributed by atoms with Gasteiger partial charge in [0.1, 0.15) is 5.82 Å². The van der Waals surface area contributed by atoms with Crippen LogP contribution in [0.5, 0.6) is 0 Å². The highest BCUT2D eigenvalue weighted by Crippen LogP contribution is 2.22. The molecule has 7 nitrogen and oxygen atoms in total. The molecule has 24 heavy (non-hydrogen) atoms. The Morgan fingerprint density at radius 2 is 2.04 bits per heavy atom. The second-order valence-corrected chi connectivity index (χ2v) is 5.66. The van der Waals surface area contributed by atoms with Gasteiger partial charge in [-0.25, -0.2) is 14.0 Å². The lowest BCUT2D eigenvalue weighted by Crippen LogP contribution is -2.42. The Morgan fingerprint density at radius 3 is 2.71 bits per heavy atom. The van der Waals surface area contributed by atoms with E-state index in [1.54, 1.807) is 28.8 Å². The van der Waals surface area contributed by atoms with Gasteiger partial charge in [-0.15, -0.1) is 0 Å². The summed E-state index contributed by atoms with van der Waals surface area (Å²) in [7, 11) is 1.70. The number of carboxylic acids is 1. The van der Waals surface area contributed by atoms with Gasteiger partial charge >= 0.3 is 12.0 Å². The lowest BCUT2D eigenvalue weighted by molar-refractivity contribution is 0.0687. The highest BCUT2D eigenvalue weighted by atomic mass is 19.1. The maximum atomic E-state index is 12.9. The number of fused-ring (bicyclic) bond motifs is 1. The minimum Gasteiger partial charge on any atom is -0.476 e. The number of rotatable bonds is 3. The number of carbonyl (C=O) groups is 2. The SMILES string of the molecule is Cn1nc(C(=O)O)c2c1CCN(C(=O)NCc1ccc(F)cc1)C2. The van der Waals surface area contributed by atoms with Crippen LogP contribution in [0.15, 0.2) is 24.3 Å². The zero-order valence-electron chi connectivity index (χ0n) is 13.1. The largest absolute Gasteiger partial charge is 0.476 e. The molecule has 0 saturated carbocycles. The summed E-state index contributed by atoms with van der Waals surface area (Å²) in [6, 6.07) is 5.60. The van der Waals surface area contributed by atoms with Gasteiger partial charge in [0, 0.05) is 37.8 Å². The van der Waals surface area contributed by atoms with Gasteiger partial charge in [-0.2, -0.15) is 5.10 Å². The Morgan fingerprint density at radius 1 is 1.33 bits per heavy atom. The lowest BCUT2D eigenvalue weighted by atomic mass is 10.1. The number of aryl methyl sites for hydroxylation is 1. The van der Waals surface area contributed by atoms with E-state index >= 15 is 0 Å². The van der Waals surface area contributed by atoms with E-state index < -0.39 is 5.97 Å². The van der Waals surface area contributed by atoms with E-state index in [1.807, 2.05) is 0 Å². The van der Waals surface area contributed by atoms with Crippen molar-refractivity contribution in [1.29, 1.82) is 0 Å². The van der Waals surface area contributed by atoms with E-state index in [2.05, 4.69) is 10.4 Å². The molecule has 0 radical (unpaired) electrons. The number of aromatic carboxylic acids is 1. The lowest BCUT2D eigenvalue weighted by Gasteiger charge is -2.27. The van der Waals surface area contributed by atoms with Gasteiger partial charge in [0.2, 0.25) is 0 Å². The predicted molar refractivity (Wildman–Crippen MR) is 82.9 cm³/mol. The quantitative estimate of drug-likeness (QED) is 0.892. The van der Waals surface area contributed by atoms with Crippen molar-refractivity contribution in [2.75, 3.05) is 6.54 Å². The van der Waals surface area contributed by atoms with Crippen LogP contribution >= 0.6 is 0 Å². The molecule has 126 valence electrons. The van der Waals surface area contributed by atoms with Gasteiger partial charge in [0.25, 0.3) is 0 Å². The van der Waals surface area contributed by atoms with Crippen molar-refractivity contribution < 1.29 is 19.1 Å². The Bertz CT molecular complexity index is 785. The van der Waals surface area contributed by atoms with Gasteiger partial charge in [-0.3, -0.25) is 4.68 Å². The maximum Gasteiger partial charge on any atom is 0.356 e. The molecule has 3 rings (SSSR count). The van der Waals surface area contributed by atoms with Gasteiger partial charge in [-0.05, 0) is 17.7 Å². The number of nitrogens with one attached hydrogen (secondary N) is 1. The normalized spacial score (nSPS) is 13.5. The maximum absolute atomic E-state index is 12.9. The smallest absolute Gasteiger partial charge is 0.356 e. The number of nitrogens with zero attached hydrogens (tertiary/aromatic N) is 3. The summed E-state index contributed by atoms with van der Waals surface area (Å²) >= 11 is 0. The summed E-state index contributed by atoms with van der Waals surface area (Å²) in [5.41, 5.74) is 2.20. The van der Waals surface area contributed by atoms with Crippen molar-refractivity contribution in [3.63, 3.8) is 0 Å². The standard InChI is InChI=1S/C16H17FN4O3/c1-20-13-6-7-21(9-12(13)14(19-20)15(22)23)16(24)18-8-10-2-4-11(17)5-3-10/h2-5H,6-9H2,1H3,(H,18,24)(H,22,23). The highest BCUT2D eigenvalue weighted by Gasteiger charge is 2.29. The van der Waals surface area contributed by atoms with E-state index in [0.717, 1.165) is 11.3 Å². The Kier molecular flexibility index (Phi) is 4.20. The molecule has 1 aromatic heterocycles. The fourth-order valence-electron chi connectivity index (χ4n) is 2.83. The van der Waals surface area contributed by atoms with Crippen molar-refractivity contribution in [2.24, 2.45) is 7.05 Å². The van der Waals surface area contributed by atoms with Crippen molar-refractivity contribution in [1.82, 2.24) is 20.0 Å². The summed E-state index contributed by atoms with van der Waals surface area (Å²) in [5, 5.41) is 16.0. The Hall–Kier alpha value is -2.90. The van der Waals surface area contributed by atoms with Crippen LogP contribution in [0.2, 0.25) is 0 Å². The first-order chi connectivity index (χ1) is 11.5. The van der Waals surface area contributed by atoms with Crippen molar-refractivity contribution >= 4 is 12.0 Å². The minimum absolute atomic E-state index is 0.0106. The molecule has 0 atom stereocenters. The molecule has 0 aliphatic carbocycles. The fraction of sp³-hybridized carbons (Fsp3) is 0.312. The first-order valence-electron chi connectivity index (χ1n) is 7.51. The van der Waals surface area contributed by atoms with Gasteiger partial charge in [0.05, 0.1) is 6.54 Å². The van der Waals surface area contributed by atoms with E-state index in [-0.39, 0.29) is 30.6 Å². The van der Waals surface area contributed by atoms with Crippen LogP contribution in [0.4, 0.5) is 9.18 Å². The molecule has 1 aromatic carbocycles. The summed E-state index contributed by atoms with van der Waals surface area (Å²) in [4.78, 5) is 25.1. The van der Waals surface area contributed by atoms with E-state index in [9.17, 15) is 19.1 Å². The zero-order chi connectivity index (χ0) is 17.3. The van der Waals surface area contributed by atoms with Crippen LogP contribution in [0.25, 0.3) is 0 Å². The molecule has 1 aliphatic rings. The van der Waals surface area contributed by atoms with Crippen molar-refractivity contribution in [3.05, 3.63) is 52.6 Å². The number of halogens is 1. The number of hydrogen-bond acceptors (Lipinski definition) is 3. The summed E-state index contributed by atoms with van der Waals surface area (Å²) in [6.45, 7) is 0.974. The minimum atomic E-state index is -1.10. The fourth-order valence-corrected chi connectivity index (χ4v) is 2.83. The molecule has 0 fully saturated rings. The third-order valence-corrected chi connectivity index (χ3v) is 4.09. The van der Waals surface area contributed by atoms with Gasteiger partial charge < -0.3 is 15.3 Å². The van der Waals surface area contributed by atoms with Crippen LogP contribution in [0, 0.1) is 5.82 Å². The molecular formula is C16H17FN4O3. The average molecular weight is 332 g/mol. The molecule has 2 amide bonds. The number of hydrogen-bond donors (Lipinski definition) is 2. The summed E-state index contributed by atoms with van der Waals surface area (Å²) in [5.74, 6) is -1.42. The van der Waals surface area contributed by atoms with Crippen molar-refractivity contribution in [3.8, 4) is 0 Å². The molecule has 0 spiro atoms. The molecule has 0 bridgehead atoms. The summed E-state index contributed by atoms with van der Waals surface area (Å²) < 4.78 is 14.4. The summed E-state index contributed by atoms with van der Waals surface area (Å²) in [6.07, 6.45) is 0.552. The van der Waals surface area contributed by atoms with E-state index in [4.69, 9.17) is 0 Å². The number of urea groups is 1. The molecule has 0 unspecified atom stereocenters. The van der Waals surface area contributed by atoms with Crippen LogP contribution < -0.4 is 5.32 Å². The van der Waals surface area contributed by atoms with Crippen LogP contribution in [0.3, 0.4) is 0 Å². The second kappa shape index (κ2) is 6.31. The number of amides is 2. The third kappa shape index (κ3) is 3.08. The van der Waals surface area contributed by atoms with Crippen molar-refractivity contribution in [2.45, 2.75) is 19.5 Å². The first kappa shape index (κ1) is 16.0. The third-order valence-electron chi connectivity index (χ3n) is 4.09. The van der Waals surface area contributed by atoms with Crippen LogP contribution in [0.1, 0.15) is 27.3 Å². The Labute approximate surface area is 137 Å². The molecule has 1 aliphatic heterocycles. The average Bonchev–Trinajstić information content (AvgIpc) is 2.91. The topological polar surface area (TPSA) is 87.5 Å². The second-order valence-electron chi connectivity index (χ2n) is 5.66. The first-order valence-corrected chi connectivity index (χ1v) is 7.51. The van der Waals surface area contributed by atoms with Gasteiger partial charge in [-0.1, -0.05) is 12.1 Å². The molecule has 2 aromatic rings. The molecular weight excluding hydrogens is 315 g/mol. The molecule has 2 N–H and O–H groups in total. The van der Waals surface area contributed by atoms with Crippen LogP contribution in [-0.2, 0) is 26.6 Å². The number of carbonyl (C=O) groups excluding carboxylic acids is 1. The molecule has 2 heterocycles. The highest BCUT2D eigenvalue weighted by molar-refractivity contribution is 5.87. The number of carboxylic acid groups (broad SMARTS) is 1. The zero-order valence-corrected chi connectivity index (χ0v) is 13.1. The molecule has 8 heteroatoms. The number of benzene rings is 1. The Balaban J connectivity index is 1.67. The monoisotopic (exact) mass is 332 g/mol. The molecule has 0 saturated heterocycles.